The number of carbonyl (C=O) groups is 1. The summed E-state index contributed by atoms with van der Waals surface area (Å²) in [6, 6.07) is 21.3. The molecule has 3 aromatic rings. The number of oxime groups is 1. The lowest BCUT2D eigenvalue weighted by Gasteiger charge is -2.34. The largest absolute Gasteiger partial charge is 0.399 e. The van der Waals surface area contributed by atoms with Crippen LogP contribution in [0.5, 0.6) is 0 Å². The lowest BCUT2D eigenvalue weighted by atomic mass is 10.0. The number of hydrogen-bond donors (Lipinski definition) is 1. The van der Waals surface area contributed by atoms with Crippen LogP contribution in [0.3, 0.4) is 0 Å². The molecule has 164 valence electrons. The van der Waals surface area contributed by atoms with Gasteiger partial charge in [0.15, 0.2) is 0 Å². The number of carbonyl (C=O) groups excluding carboxylic acids is 1. The van der Waals surface area contributed by atoms with Crippen molar-refractivity contribution in [3.63, 3.8) is 0 Å². The van der Waals surface area contributed by atoms with Gasteiger partial charge in [-0.2, -0.15) is 0 Å². The summed E-state index contributed by atoms with van der Waals surface area (Å²) in [6.45, 7) is 3.85. The molecule has 0 aliphatic carbocycles. The first-order valence-electron chi connectivity index (χ1n) is 10.6. The van der Waals surface area contributed by atoms with Gasteiger partial charge >= 0.3 is 0 Å². The number of pyridine rings is 1. The van der Waals surface area contributed by atoms with Crippen molar-refractivity contribution in [1.82, 2.24) is 14.8 Å². The Morgan fingerprint density at radius 3 is 2.28 bits per heavy atom. The molecule has 4 rings (SSSR count). The third-order valence-corrected chi connectivity index (χ3v) is 5.55. The Labute approximate surface area is 188 Å². The van der Waals surface area contributed by atoms with Crippen molar-refractivity contribution in [1.29, 1.82) is 0 Å². The molecule has 1 aromatic heterocycles. The number of piperazine rings is 1. The van der Waals surface area contributed by atoms with Gasteiger partial charge < -0.3 is 15.5 Å². The summed E-state index contributed by atoms with van der Waals surface area (Å²) in [5.41, 5.74) is 10.2. The number of amides is 1. The van der Waals surface area contributed by atoms with E-state index in [2.05, 4.69) is 15.0 Å². The number of hydrogen-bond acceptors (Lipinski definition) is 6. The summed E-state index contributed by atoms with van der Waals surface area (Å²) in [5, 5.41) is 4.18. The molecule has 1 saturated heterocycles. The molecule has 1 amide bonds. The van der Waals surface area contributed by atoms with E-state index in [1.54, 1.807) is 6.20 Å². The first-order chi connectivity index (χ1) is 15.6. The molecule has 7 nitrogen and oxygen atoms in total. The SMILES string of the molecule is CO/N=C(/c1ccccc1)c1ccc(C(=O)N2CCN(Cc3ccnc(N)c3)CC2)cc1. The lowest BCUT2D eigenvalue weighted by molar-refractivity contribution is 0.0628. The van der Waals surface area contributed by atoms with Crippen LogP contribution in [0.25, 0.3) is 0 Å². The minimum atomic E-state index is 0.0503. The van der Waals surface area contributed by atoms with Crippen molar-refractivity contribution in [2.24, 2.45) is 5.16 Å². The summed E-state index contributed by atoms with van der Waals surface area (Å²) < 4.78 is 0. The highest BCUT2D eigenvalue weighted by Crippen LogP contribution is 2.16. The second-order valence-corrected chi connectivity index (χ2v) is 7.72. The summed E-state index contributed by atoms with van der Waals surface area (Å²) in [7, 11) is 1.53. The van der Waals surface area contributed by atoms with Gasteiger partial charge in [0.1, 0.15) is 18.6 Å². The fourth-order valence-corrected chi connectivity index (χ4v) is 3.87. The molecule has 0 saturated carbocycles. The van der Waals surface area contributed by atoms with Crippen LogP contribution in [0.1, 0.15) is 27.0 Å². The third kappa shape index (κ3) is 5.12. The molecule has 7 heteroatoms. The molecule has 0 radical (unpaired) electrons. The van der Waals surface area contributed by atoms with Crippen molar-refractivity contribution in [3.05, 3.63) is 95.2 Å². The van der Waals surface area contributed by atoms with Crippen LogP contribution in [0.4, 0.5) is 5.82 Å². The van der Waals surface area contributed by atoms with E-state index in [1.807, 2.05) is 71.6 Å². The smallest absolute Gasteiger partial charge is 0.253 e. The number of nitrogens with zero attached hydrogens (tertiary/aromatic N) is 4. The first kappa shape index (κ1) is 21.5. The van der Waals surface area contributed by atoms with Crippen LogP contribution in [0, 0.1) is 0 Å². The van der Waals surface area contributed by atoms with Gasteiger partial charge in [-0.05, 0) is 29.8 Å². The van der Waals surface area contributed by atoms with E-state index in [0.717, 1.165) is 42.0 Å². The fourth-order valence-electron chi connectivity index (χ4n) is 3.87. The third-order valence-electron chi connectivity index (χ3n) is 5.55. The average molecular weight is 430 g/mol. The second kappa shape index (κ2) is 10.1. The second-order valence-electron chi connectivity index (χ2n) is 7.72. The molecule has 2 heterocycles. The quantitative estimate of drug-likeness (QED) is 0.481. The van der Waals surface area contributed by atoms with Gasteiger partial charge in [0, 0.05) is 55.6 Å². The zero-order valence-corrected chi connectivity index (χ0v) is 18.1. The van der Waals surface area contributed by atoms with Crippen molar-refractivity contribution >= 4 is 17.4 Å². The highest BCUT2D eigenvalue weighted by Gasteiger charge is 2.22. The van der Waals surface area contributed by atoms with Crippen LogP contribution < -0.4 is 5.73 Å². The highest BCUT2D eigenvalue weighted by molar-refractivity contribution is 6.12. The summed E-state index contributed by atoms with van der Waals surface area (Å²) in [6.07, 6.45) is 1.73. The molecular weight excluding hydrogens is 402 g/mol. The zero-order chi connectivity index (χ0) is 22.3. The molecular formula is C25H27N5O2. The van der Waals surface area contributed by atoms with E-state index >= 15 is 0 Å². The van der Waals surface area contributed by atoms with Gasteiger partial charge in [0.25, 0.3) is 5.91 Å². The Balaban J connectivity index is 1.38. The Morgan fingerprint density at radius 1 is 0.969 bits per heavy atom. The van der Waals surface area contributed by atoms with E-state index in [4.69, 9.17) is 10.6 Å². The van der Waals surface area contributed by atoms with Crippen LogP contribution in [0.2, 0.25) is 0 Å². The minimum absolute atomic E-state index is 0.0503. The normalized spacial score (nSPS) is 14.9. The van der Waals surface area contributed by atoms with E-state index in [9.17, 15) is 4.79 Å². The van der Waals surface area contributed by atoms with Crippen LogP contribution in [0.15, 0.2) is 78.1 Å². The van der Waals surface area contributed by atoms with Crippen molar-refractivity contribution in [3.8, 4) is 0 Å². The van der Waals surface area contributed by atoms with E-state index in [1.165, 1.54) is 7.11 Å². The number of nitrogens with two attached hydrogens (primary N) is 1. The molecule has 1 aliphatic heterocycles. The first-order valence-corrected chi connectivity index (χ1v) is 10.6. The Kier molecular flexibility index (Phi) is 6.77. The van der Waals surface area contributed by atoms with Gasteiger partial charge in [0.05, 0.1) is 0 Å². The van der Waals surface area contributed by atoms with Gasteiger partial charge in [-0.1, -0.05) is 47.6 Å². The summed E-state index contributed by atoms with van der Waals surface area (Å²) >= 11 is 0. The Morgan fingerprint density at radius 2 is 1.62 bits per heavy atom. The number of rotatable bonds is 6. The standard InChI is InChI=1S/C25H27N5O2/c1-32-28-24(20-5-3-2-4-6-20)21-7-9-22(10-8-21)25(31)30-15-13-29(14-16-30)18-19-11-12-27-23(26)17-19/h2-12,17H,13-16,18H2,1H3,(H2,26,27)/b28-24-. The molecule has 1 aliphatic rings. The topological polar surface area (TPSA) is 84.0 Å². The van der Waals surface area contributed by atoms with Crippen molar-refractivity contribution < 1.29 is 9.63 Å². The molecule has 0 bridgehead atoms. The molecule has 0 atom stereocenters. The number of anilines is 1. The predicted octanol–water partition coefficient (Wildman–Crippen LogP) is 3.02. The van der Waals surface area contributed by atoms with Gasteiger partial charge in [-0.25, -0.2) is 4.98 Å². The minimum Gasteiger partial charge on any atom is -0.399 e. The molecule has 2 aromatic carbocycles. The summed E-state index contributed by atoms with van der Waals surface area (Å²) in [4.78, 5) is 26.3. The average Bonchev–Trinajstić information content (AvgIpc) is 2.83. The zero-order valence-electron chi connectivity index (χ0n) is 18.1. The van der Waals surface area contributed by atoms with Gasteiger partial charge in [-0.15, -0.1) is 0 Å². The molecule has 0 spiro atoms. The van der Waals surface area contributed by atoms with E-state index in [-0.39, 0.29) is 5.91 Å². The molecule has 32 heavy (non-hydrogen) atoms. The van der Waals surface area contributed by atoms with E-state index in [0.29, 0.717) is 24.5 Å². The van der Waals surface area contributed by atoms with Crippen LogP contribution >= 0.6 is 0 Å². The van der Waals surface area contributed by atoms with E-state index < -0.39 is 0 Å². The lowest BCUT2D eigenvalue weighted by Crippen LogP contribution is -2.48. The Bertz CT molecular complexity index is 1080. The Hall–Kier alpha value is -3.71. The molecule has 2 N–H and O–H groups in total. The predicted molar refractivity (Wildman–Crippen MR) is 125 cm³/mol. The fraction of sp³-hybridized carbons (Fsp3) is 0.240. The molecule has 1 fully saturated rings. The highest BCUT2D eigenvalue weighted by atomic mass is 16.6. The van der Waals surface area contributed by atoms with Crippen molar-refractivity contribution in [2.45, 2.75) is 6.54 Å². The maximum Gasteiger partial charge on any atom is 0.253 e. The van der Waals surface area contributed by atoms with Crippen LogP contribution in [-0.2, 0) is 11.4 Å². The van der Waals surface area contributed by atoms with Crippen LogP contribution in [-0.4, -0.2) is 59.7 Å². The van der Waals surface area contributed by atoms with Gasteiger partial charge in [-0.3, -0.25) is 9.69 Å². The maximum absolute atomic E-state index is 13.0. The summed E-state index contributed by atoms with van der Waals surface area (Å²) in [5.74, 6) is 0.583. The maximum atomic E-state index is 13.0. The number of benzene rings is 2. The number of aromatic nitrogens is 1. The van der Waals surface area contributed by atoms with Gasteiger partial charge in [0.2, 0.25) is 0 Å². The van der Waals surface area contributed by atoms with Crippen molar-refractivity contribution in [2.75, 3.05) is 39.0 Å². The monoisotopic (exact) mass is 429 g/mol. The number of nitrogen functional groups attached to an aromatic ring is 1. The molecule has 0 unspecified atom stereocenters.